The molecule has 4 rings (SSSR count). The molecule has 1 saturated heterocycles. The van der Waals surface area contributed by atoms with Crippen LogP contribution in [0.1, 0.15) is 28.8 Å². The van der Waals surface area contributed by atoms with Crippen LogP contribution in [0.3, 0.4) is 0 Å². The summed E-state index contributed by atoms with van der Waals surface area (Å²) in [5, 5.41) is 3.33. The van der Waals surface area contributed by atoms with Gasteiger partial charge < -0.3 is 10.2 Å². The highest BCUT2D eigenvalue weighted by Gasteiger charge is 2.47. The summed E-state index contributed by atoms with van der Waals surface area (Å²) in [5.41, 5.74) is 0.841. The summed E-state index contributed by atoms with van der Waals surface area (Å²) in [5.74, 6) is -0.365. The fraction of sp³-hybridized carbons (Fsp3) is 0.333. The fourth-order valence-corrected chi connectivity index (χ4v) is 4.49. The molecule has 6 heteroatoms. The quantitative estimate of drug-likeness (QED) is 0.875. The Bertz CT molecular complexity index is 853. The fourth-order valence-electron chi connectivity index (χ4n) is 4.26. The van der Waals surface area contributed by atoms with Crippen LogP contribution in [0.15, 0.2) is 48.5 Å². The van der Waals surface area contributed by atoms with E-state index in [2.05, 4.69) is 5.32 Å². The number of nitrogens with zero attached hydrogens (tertiary/aromatic N) is 1. The number of benzene rings is 2. The Morgan fingerprint density at radius 1 is 1.11 bits per heavy atom. The van der Waals surface area contributed by atoms with Crippen LogP contribution in [-0.4, -0.2) is 35.3 Å². The van der Waals surface area contributed by atoms with Gasteiger partial charge in [0.05, 0.1) is 12.5 Å². The zero-order valence-corrected chi connectivity index (χ0v) is 15.5. The minimum atomic E-state index is -0.464. The number of halogens is 2. The number of piperidine rings is 1. The van der Waals surface area contributed by atoms with Crippen LogP contribution in [0.25, 0.3) is 0 Å². The number of hydrogen-bond acceptors (Lipinski definition) is 2. The maximum Gasteiger partial charge on any atom is 0.251 e. The van der Waals surface area contributed by atoms with Gasteiger partial charge in [-0.1, -0.05) is 35.9 Å². The van der Waals surface area contributed by atoms with E-state index in [4.69, 9.17) is 11.6 Å². The molecule has 1 N–H and O–H groups in total. The molecule has 1 saturated carbocycles. The molecule has 2 amide bonds. The van der Waals surface area contributed by atoms with Crippen LogP contribution in [0, 0.1) is 11.7 Å². The molecule has 2 fully saturated rings. The van der Waals surface area contributed by atoms with Gasteiger partial charge in [-0.2, -0.15) is 0 Å². The molecule has 2 bridgehead atoms. The SMILES string of the molecule is O=C(N[C@H]1C[C@@H]2C[C@H]1N(C(=O)Cc1c(F)cccc1Cl)C2)c1ccccc1. The molecule has 27 heavy (non-hydrogen) atoms. The number of nitrogens with one attached hydrogen (secondary N) is 1. The highest BCUT2D eigenvalue weighted by atomic mass is 35.5. The van der Waals surface area contributed by atoms with Crippen molar-refractivity contribution in [3.8, 4) is 0 Å². The van der Waals surface area contributed by atoms with Gasteiger partial charge >= 0.3 is 0 Å². The Morgan fingerprint density at radius 3 is 2.59 bits per heavy atom. The number of fused-ring (bicyclic) bond motifs is 2. The summed E-state index contributed by atoms with van der Waals surface area (Å²) in [6.07, 6.45) is 1.68. The zero-order valence-electron chi connectivity index (χ0n) is 14.7. The van der Waals surface area contributed by atoms with Crippen molar-refractivity contribution < 1.29 is 14.0 Å². The normalized spacial score (nSPS) is 23.5. The van der Waals surface area contributed by atoms with Crippen LogP contribution in [0.2, 0.25) is 5.02 Å². The third-order valence-corrected chi connectivity index (χ3v) is 5.90. The van der Waals surface area contributed by atoms with E-state index in [1.165, 1.54) is 12.1 Å². The van der Waals surface area contributed by atoms with Crippen LogP contribution in [-0.2, 0) is 11.2 Å². The lowest BCUT2D eigenvalue weighted by atomic mass is 10.0. The van der Waals surface area contributed by atoms with Crippen molar-refractivity contribution in [2.24, 2.45) is 5.92 Å². The van der Waals surface area contributed by atoms with Gasteiger partial charge in [-0.05, 0) is 43.0 Å². The van der Waals surface area contributed by atoms with Gasteiger partial charge in [0.2, 0.25) is 5.91 Å². The second-order valence-corrected chi connectivity index (χ2v) is 7.68. The summed E-state index contributed by atoms with van der Waals surface area (Å²) in [6, 6.07) is 13.4. The first-order valence-corrected chi connectivity index (χ1v) is 9.49. The van der Waals surface area contributed by atoms with Crippen LogP contribution < -0.4 is 5.32 Å². The van der Waals surface area contributed by atoms with Gasteiger partial charge in [0.1, 0.15) is 5.82 Å². The Kier molecular flexibility index (Phi) is 4.87. The van der Waals surface area contributed by atoms with E-state index in [0.29, 0.717) is 18.0 Å². The largest absolute Gasteiger partial charge is 0.347 e. The molecule has 140 valence electrons. The molecular weight excluding hydrogens is 367 g/mol. The van der Waals surface area contributed by atoms with Gasteiger partial charge in [0, 0.05) is 28.7 Å². The average molecular weight is 387 g/mol. The summed E-state index contributed by atoms with van der Waals surface area (Å²) >= 11 is 6.06. The Morgan fingerprint density at radius 2 is 1.89 bits per heavy atom. The lowest BCUT2D eigenvalue weighted by Crippen LogP contribution is -2.52. The first-order valence-electron chi connectivity index (χ1n) is 9.11. The van der Waals surface area contributed by atoms with Gasteiger partial charge in [0.15, 0.2) is 0 Å². The number of rotatable bonds is 4. The molecule has 2 aromatic carbocycles. The van der Waals surface area contributed by atoms with Crippen molar-refractivity contribution >= 4 is 23.4 Å². The van der Waals surface area contributed by atoms with Crippen LogP contribution in [0.4, 0.5) is 4.39 Å². The standard InChI is InChI=1S/C21H20ClFN2O2/c22-16-7-4-8-17(23)15(16)11-20(26)25-12-13-9-18(19(25)10-13)24-21(27)14-5-2-1-3-6-14/h1-8,13,18-19H,9-12H2,(H,24,27)/t13-,18+,19-/m1/s1. The predicted molar refractivity (Wildman–Crippen MR) is 101 cm³/mol. The predicted octanol–water partition coefficient (Wildman–Crippen LogP) is 3.44. The molecule has 0 aromatic heterocycles. The smallest absolute Gasteiger partial charge is 0.251 e. The molecule has 1 aliphatic carbocycles. The minimum Gasteiger partial charge on any atom is -0.347 e. The summed E-state index contributed by atoms with van der Waals surface area (Å²) in [6.45, 7) is 0.660. The first kappa shape index (κ1) is 18.0. The zero-order chi connectivity index (χ0) is 19.0. The first-order chi connectivity index (χ1) is 13.0. The van der Waals surface area contributed by atoms with Crippen molar-refractivity contribution in [3.63, 3.8) is 0 Å². The van der Waals surface area contributed by atoms with E-state index in [-0.39, 0.29) is 40.9 Å². The van der Waals surface area contributed by atoms with Crippen LogP contribution in [0.5, 0.6) is 0 Å². The van der Waals surface area contributed by atoms with E-state index in [1.807, 2.05) is 18.2 Å². The van der Waals surface area contributed by atoms with Gasteiger partial charge in [0.25, 0.3) is 5.91 Å². The number of amides is 2. The molecule has 2 aliphatic rings. The van der Waals surface area contributed by atoms with E-state index >= 15 is 0 Å². The lowest BCUT2D eigenvalue weighted by Gasteiger charge is -2.34. The van der Waals surface area contributed by atoms with E-state index in [9.17, 15) is 14.0 Å². The van der Waals surface area contributed by atoms with Gasteiger partial charge in [-0.25, -0.2) is 4.39 Å². The average Bonchev–Trinajstić information content (AvgIpc) is 3.26. The molecule has 3 atom stereocenters. The molecule has 1 heterocycles. The molecule has 0 unspecified atom stereocenters. The second kappa shape index (κ2) is 7.31. The van der Waals surface area contributed by atoms with Crippen molar-refractivity contribution in [1.82, 2.24) is 10.2 Å². The third kappa shape index (κ3) is 3.56. The highest BCUT2D eigenvalue weighted by Crippen LogP contribution is 2.38. The van der Waals surface area contributed by atoms with E-state index in [1.54, 1.807) is 23.1 Å². The van der Waals surface area contributed by atoms with Gasteiger partial charge in [-0.15, -0.1) is 0 Å². The third-order valence-electron chi connectivity index (χ3n) is 5.54. The number of hydrogen-bond donors (Lipinski definition) is 1. The maximum atomic E-state index is 14.0. The van der Waals surface area contributed by atoms with Crippen molar-refractivity contribution in [2.45, 2.75) is 31.3 Å². The second-order valence-electron chi connectivity index (χ2n) is 7.27. The molecule has 4 nitrogen and oxygen atoms in total. The van der Waals surface area contributed by atoms with E-state index < -0.39 is 5.82 Å². The molecule has 0 radical (unpaired) electrons. The monoisotopic (exact) mass is 386 g/mol. The highest BCUT2D eigenvalue weighted by molar-refractivity contribution is 6.31. The molecular formula is C21H20ClFN2O2. The maximum absolute atomic E-state index is 14.0. The summed E-state index contributed by atoms with van der Waals surface area (Å²) in [7, 11) is 0. The van der Waals surface area contributed by atoms with Crippen molar-refractivity contribution in [1.29, 1.82) is 0 Å². The summed E-state index contributed by atoms with van der Waals surface area (Å²) < 4.78 is 14.0. The van der Waals surface area contributed by atoms with Crippen molar-refractivity contribution in [2.75, 3.05) is 6.54 Å². The van der Waals surface area contributed by atoms with Crippen molar-refractivity contribution in [3.05, 3.63) is 70.5 Å². The number of likely N-dealkylation sites (tertiary alicyclic amines) is 1. The Balaban J connectivity index is 1.45. The Hall–Kier alpha value is -2.40. The number of carbonyl (C=O) groups excluding carboxylic acids is 2. The number of carbonyl (C=O) groups is 2. The van der Waals surface area contributed by atoms with Gasteiger partial charge in [-0.3, -0.25) is 9.59 Å². The molecule has 0 spiro atoms. The van der Waals surface area contributed by atoms with Crippen LogP contribution >= 0.6 is 11.6 Å². The molecule has 1 aliphatic heterocycles. The Labute approximate surface area is 162 Å². The minimum absolute atomic E-state index is 0.0410. The van der Waals surface area contributed by atoms with E-state index in [0.717, 1.165) is 12.8 Å². The lowest BCUT2D eigenvalue weighted by molar-refractivity contribution is -0.132. The summed E-state index contributed by atoms with van der Waals surface area (Å²) in [4.78, 5) is 27.0. The molecule has 2 aromatic rings. The topological polar surface area (TPSA) is 49.4 Å².